The number of amides is 1. The number of methoxy groups -OCH3 is 1. The summed E-state index contributed by atoms with van der Waals surface area (Å²) in [5.41, 5.74) is 6.61. The number of aromatic amines is 1. The maximum atomic E-state index is 12.2. The van der Waals surface area contributed by atoms with E-state index in [1.807, 2.05) is 6.92 Å². The second kappa shape index (κ2) is 5.43. The number of hydrogen-bond acceptors (Lipinski definition) is 4. The van der Waals surface area contributed by atoms with Gasteiger partial charge in [-0.05, 0) is 19.1 Å². The number of aromatic nitrogens is 2. The summed E-state index contributed by atoms with van der Waals surface area (Å²) in [6, 6.07) is 4.84. The minimum Gasteiger partial charge on any atom is -0.494 e. The van der Waals surface area contributed by atoms with Gasteiger partial charge in [0.15, 0.2) is 5.75 Å². The normalized spacial score (nSPS) is 11.9. The minimum absolute atomic E-state index is 0.228. The SMILES string of the molecule is COc1c(N)cccc1C(=O)NC(C)c1ncc[nH]1. The van der Waals surface area contributed by atoms with Crippen LogP contribution in [0.3, 0.4) is 0 Å². The van der Waals surface area contributed by atoms with Crippen LogP contribution in [0.4, 0.5) is 5.69 Å². The Labute approximate surface area is 111 Å². The second-order valence-electron chi connectivity index (χ2n) is 4.10. The Bertz CT molecular complexity index is 566. The number of hydrogen-bond donors (Lipinski definition) is 3. The molecule has 0 aliphatic heterocycles. The van der Waals surface area contributed by atoms with Gasteiger partial charge in [0.1, 0.15) is 5.82 Å². The molecule has 4 N–H and O–H groups in total. The van der Waals surface area contributed by atoms with Gasteiger partial charge < -0.3 is 20.8 Å². The molecule has 0 fully saturated rings. The van der Waals surface area contributed by atoms with Gasteiger partial charge in [0.2, 0.25) is 0 Å². The Morgan fingerprint density at radius 1 is 1.53 bits per heavy atom. The number of carbonyl (C=O) groups is 1. The first kappa shape index (κ1) is 12.9. The lowest BCUT2D eigenvalue weighted by molar-refractivity contribution is 0.0935. The number of carbonyl (C=O) groups excluding carboxylic acids is 1. The zero-order valence-corrected chi connectivity index (χ0v) is 10.8. The molecule has 0 aliphatic carbocycles. The first-order valence-electron chi connectivity index (χ1n) is 5.86. The van der Waals surface area contributed by atoms with E-state index in [-0.39, 0.29) is 11.9 Å². The van der Waals surface area contributed by atoms with E-state index in [0.717, 1.165) is 0 Å². The maximum absolute atomic E-state index is 12.2. The lowest BCUT2D eigenvalue weighted by Gasteiger charge is -2.14. The van der Waals surface area contributed by atoms with Crippen LogP contribution in [-0.2, 0) is 0 Å². The van der Waals surface area contributed by atoms with E-state index < -0.39 is 0 Å². The Morgan fingerprint density at radius 3 is 2.95 bits per heavy atom. The van der Waals surface area contributed by atoms with Crippen molar-refractivity contribution in [1.29, 1.82) is 0 Å². The van der Waals surface area contributed by atoms with E-state index in [2.05, 4.69) is 15.3 Å². The molecule has 1 unspecified atom stereocenters. The van der Waals surface area contributed by atoms with Gasteiger partial charge >= 0.3 is 0 Å². The van der Waals surface area contributed by atoms with Crippen molar-refractivity contribution in [3.63, 3.8) is 0 Å². The van der Waals surface area contributed by atoms with E-state index in [0.29, 0.717) is 22.8 Å². The molecule has 2 aromatic rings. The molecule has 2 rings (SSSR count). The van der Waals surface area contributed by atoms with Crippen LogP contribution in [0.15, 0.2) is 30.6 Å². The Kier molecular flexibility index (Phi) is 3.70. The van der Waals surface area contributed by atoms with Crippen LogP contribution in [0.25, 0.3) is 0 Å². The van der Waals surface area contributed by atoms with Gasteiger partial charge in [-0.2, -0.15) is 0 Å². The smallest absolute Gasteiger partial charge is 0.255 e. The fourth-order valence-corrected chi connectivity index (χ4v) is 1.82. The standard InChI is InChI=1S/C13H16N4O2/c1-8(12-15-6-7-16-12)17-13(18)9-4-3-5-10(14)11(9)19-2/h3-8H,14H2,1-2H3,(H,15,16)(H,17,18). The van der Waals surface area contributed by atoms with Crippen LogP contribution in [0.5, 0.6) is 5.75 Å². The van der Waals surface area contributed by atoms with Crippen LogP contribution >= 0.6 is 0 Å². The Morgan fingerprint density at radius 2 is 2.32 bits per heavy atom. The van der Waals surface area contributed by atoms with Gasteiger partial charge in [0.25, 0.3) is 5.91 Å². The van der Waals surface area contributed by atoms with E-state index in [9.17, 15) is 4.79 Å². The molecule has 1 heterocycles. The summed E-state index contributed by atoms with van der Waals surface area (Å²) in [5.74, 6) is 0.816. The Hall–Kier alpha value is -2.50. The summed E-state index contributed by atoms with van der Waals surface area (Å²) in [7, 11) is 1.48. The van der Waals surface area contributed by atoms with Gasteiger partial charge in [-0.3, -0.25) is 4.79 Å². The van der Waals surface area contributed by atoms with Gasteiger partial charge in [0.05, 0.1) is 24.4 Å². The number of anilines is 1. The van der Waals surface area contributed by atoms with Crippen molar-refractivity contribution in [2.24, 2.45) is 0 Å². The number of ether oxygens (including phenoxy) is 1. The summed E-state index contributed by atoms with van der Waals surface area (Å²) in [6.45, 7) is 1.84. The maximum Gasteiger partial charge on any atom is 0.255 e. The van der Waals surface area contributed by atoms with Crippen molar-refractivity contribution in [2.45, 2.75) is 13.0 Å². The molecule has 100 valence electrons. The predicted octanol–water partition coefficient (Wildman–Crippen LogP) is 1.49. The lowest BCUT2D eigenvalue weighted by atomic mass is 10.1. The summed E-state index contributed by atoms with van der Waals surface area (Å²) in [4.78, 5) is 19.2. The number of para-hydroxylation sites is 1. The van der Waals surface area contributed by atoms with Gasteiger partial charge in [-0.1, -0.05) is 6.07 Å². The summed E-state index contributed by atoms with van der Waals surface area (Å²) in [6.07, 6.45) is 3.35. The highest BCUT2D eigenvalue weighted by Crippen LogP contribution is 2.26. The molecule has 0 spiro atoms. The summed E-state index contributed by atoms with van der Waals surface area (Å²) < 4.78 is 5.16. The molecule has 6 heteroatoms. The van der Waals surface area contributed by atoms with Crippen molar-refractivity contribution in [3.8, 4) is 5.75 Å². The fraction of sp³-hybridized carbons (Fsp3) is 0.231. The van der Waals surface area contributed by atoms with Crippen molar-refractivity contribution >= 4 is 11.6 Å². The lowest BCUT2D eigenvalue weighted by Crippen LogP contribution is -2.27. The molecule has 0 saturated carbocycles. The van der Waals surface area contributed by atoms with Crippen molar-refractivity contribution in [1.82, 2.24) is 15.3 Å². The Balaban J connectivity index is 2.19. The predicted molar refractivity (Wildman–Crippen MR) is 71.9 cm³/mol. The van der Waals surface area contributed by atoms with Crippen LogP contribution < -0.4 is 15.8 Å². The third kappa shape index (κ3) is 2.67. The van der Waals surface area contributed by atoms with E-state index in [4.69, 9.17) is 10.5 Å². The number of nitrogens with zero attached hydrogens (tertiary/aromatic N) is 1. The van der Waals surface area contributed by atoms with Gasteiger partial charge in [0, 0.05) is 12.4 Å². The van der Waals surface area contributed by atoms with Crippen LogP contribution in [0.1, 0.15) is 29.1 Å². The highest BCUT2D eigenvalue weighted by Gasteiger charge is 2.17. The third-order valence-electron chi connectivity index (χ3n) is 2.77. The monoisotopic (exact) mass is 260 g/mol. The number of nitrogens with two attached hydrogens (primary N) is 1. The molecule has 1 amide bonds. The van der Waals surface area contributed by atoms with Crippen LogP contribution in [-0.4, -0.2) is 23.0 Å². The first-order valence-corrected chi connectivity index (χ1v) is 5.86. The quantitative estimate of drug-likeness (QED) is 0.726. The molecule has 0 aliphatic rings. The molecular weight excluding hydrogens is 244 g/mol. The highest BCUT2D eigenvalue weighted by atomic mass is 16.5. The average molecular weight is 260 g/mol. The summed E-state index contributed by atoms with van der Waals surface area (Å²) in [5, 5.41) is 2.83. The second-order valence-corrected chi connectivity index (χ2v) is 4.10. The molecule has 6 nitrogen and oxygen atoms in total. The molecule has 0 bridgehead atoms. The number of H-pyrrole nitrogens is 1. The van der Waals surface area contributed by atoms with Crippen LogP contribution in [0.2, 0.25) is 0 Å². The molecule has 19 heavy (non-hydrogen) atoms. The number of nitrogen functional groups attached to an aromatic ring is 1. The van der Waals surface area contributed by atoms with Crippen molar-refractivity contribution in [2.75, 3.05) is 12.8 Å². The highest BCUT2D eigenvalue weighted by molar-refractivity contribution is 5.98. The fourth-order valence-electron chi connectivity index (χ4n) is 1.82. The zero-order chi connectivity index (χ0) is 13.8. The van der Waals surface area contributed by atoms with Crippen molar-refractivity contribution in [3.05, 3.63) is 42.0 Å². The molecule has 1 aromatic carbocycles. The molecule has 0 radical (unpaired) electrons. The third-order valence-corrected chi connectivity index (χ3v) is 2.77. The number of benzene rings is 1. The minimum atomic E-state index is -0.256. The van der Waals surface area contributed by atoms with E-state index in [1.165, 1.54) is 7.11 Å². The van der Waals surface area contributed by atoms with E-state index in [1.54, 1.807) is 30.6 Å². The molecule has 0 saturated heterocycles. The topological polar surface area (TPSA) is 93.0 Å². The number of rotatable bonds is 4. The largest absolute Gasteiger partial charge is 0.494 e. The van der Waals surface area contributed by atoms with Crippen LogP contribution in [0, 0.1) is 0 Å². The molecular formula is C13H16N4O2. The van der Waals surface area contributed by atoms with E-state index >= 15 is 0 Å². The van der Waals surface area contributed by atoms with Gasteiger partial charge in [-0.15, -0.1) is 0 Å². The van der Waals surface area contributed by atoms with Crippen molar-refractivity contribution < 1.29 is 9.53 Å². The average Bonchev–Trinajstić information content (AvgIpc) is 2.92. The zero-order valence-electron chi connectivity index (χ0n) is 10.8. The van der Waals surface area contributed by atoms with Gasteiger partial charge in [-0.25, -0.2) is 4.98 Å². The molecule has 1 aromatic heterocycles. The molecule has 1 atom stereocenters. The number of imidazole rings is 1. The number of nitrogens with one attached hydrogen (secondary N) is 2. The first-order chi connectivity index (χ1) is 9.13. The summed E-state index contributed by atoms with van der Waals surface area (Å²) >= 11 is 0.